The Morgan fingerprint density at radius 1 is 1.17 bits per heavy atom. The van der Waals surface area contributed by atoms with Crippen LogP contribution in [0.1, 0.15) is 40.7 Å². The standard InChI is InChI=1S/C21H30N4O2S2/c1-15-13-16(20(26)29)6-7-17(15)14-22-21(27)25-10-3-5-18(25)19(28)24-9-4-8-23(2)11-12-24/h6-7,13,18H,3-5,8-12,14H2,1-2H3,(H,22,27)(H,26,29). The van der Waals surface area contributed by atoms with E-state index in [1.165, 1.54) is 0 Å². The lowest BCUT2D eigenvalue weighted by Gasteiger charge is -2.32. The molecule has 2 aliphatic rings. The maximum atomic E-state index is 12.9. The van der Waals surface area contributed by atoms with Crippen LogP contribution in [0.15, 0.2) is 18.2 Å². The minimum atomic E-state index is -0.253. The Bertz CT molecular complexity index is 786. The third kappa shape index (κ3) is 5.49. The molecule has 3 rings (SSSR count). The molecule has 1 unspecified atom stereocenters. The number of rotatable bonds is 4. The van der Waals surface area contributed by atoms with Gasteiger partial charge in [0.1, 0.15) is 4.99 Å². The van der Waals surface area contributed by atoms with Crippen molar-refractivity contribution in [3.63, 3.8) is 0 Å². The molecule has 1 N–H and O–H groups in total. The second-order valence-corrected chi connectivity index (χ2v) is 8.76. The number of aryl methyl sites for hydroxylation is 1. The summed E-state index contributed by atoms with van der Waals surface area (Å²) < 4.78 is 0. The average Bonchev–Trinajstić information content (AvgIpc) is 3.08. The van der Waals surface area contributed by atoms with Crippen molar-refractivity contribution in [2.24, 2.45) is 0 Å². The number of likely N-dealkylation sites (tertiary alicyclic amines) is 1. The van der Waals surface area contributed by atoms with Gasteiger partial charge < -0.3 is 20.0 Å². The zero-order valence-corrected chi connectivity index (χ0v) is 18.9. The molecule has 158 valence electrons. The molecule has 0 spiro atoms. The van der Waals surface area contributed by atoms with E-state index < -0.39 is 0 Å². The van der Waals surface area contributed by atoms with E-state index in [1.807, 2.05) is 17.9 Å². The van der Waals surface area contributed by atoms with Gasteiger partial charge in [0.25, 0.3) is 0 Å². The summed E-state index contributed by atoms with van der Waals surface area (Å²) in [5.74, 6) is 0. The van der Waals surface area contributed by atoms with Crippen molar-refractivity contribution < 1.29 is 9.59 Å². The molecule has 6 nitrogen and oxygen atoms in total. The Kier molecular flexibility index (Phi) is 7.54. The van der Waals surface area contributed by atoms with Crippen LogP contribution in [-0.4, -0.2) is 76.6 Å². The first-order chi connectivity index (χ1) is 13.9. The van der Waals surface area contributed by atoms with Crippen molar-refractivity contribution in [2.45, 2.75) is 38.8 Å². The molecular formula is C21H30N4O2S2. The smallest absolute Gasteiger partial charge is 0.318 e. The van der Waals surface area contributed by atoms with Crippen molar-refractivity contribution in [1.82, 2.24) is 20.0 Å². The molecule has 1 aromatic carbocycles. The van der Waals surface area contributed by atoms with Gasteiger partial charge in [-0.1, -0.05) is 24.4 Å². The number of urea groups is 1. The van der Waals surface area contributed by atoms with E-state index >= 15 is 0 Å². The highest BCUT2D eigenvalue weighted by molar-refractivity contribution is 7.97. The number of hydrogen-bond donors (Lipinski definition) is 2. The molecule has 2 amide bonds. The maximum absolute atomic E-state index is 12.9. The van der Waals surface area contributed by atoms with Gasteiger partial charge in [-0.05, 0) is 57.0 Å². The first-order valence-electron chi connectivity index (χ1n) is 10.2. The van der Waals surface area contributed by atoms with Crippen molar-refractivity contribution in [2.75, 3.05) is 39.8 Å². The van der Waals surface area contributed by atoms with Crippen molar-refractivity contribution >= 4 is 41.0 Å². The predicted octanol–water partition coefficient (Wildman–Crippen LogP) is 2.70. The summed E-state index contributed by atoms with van der Waals surface area (Å²) in [5, 5.41) is 2.78. The Balaban J connectivity index is 1.60. The lowest BCUT2D eigenvalue weighted by atomic mass is 10.1. The van der Waals surface area contributed by atoms with Crippen molar-refractivity contribution in [3.05, 3.63) is 34.9 Å². The van der Waals surface area contributed by atoms with E-state index in [9.17, 15) is 9.59 Å². The topological polar surface area (TPSA) is 55.9 Å². The van der Waals surface area contributed by atoms with Gasteiger partial charge in [-0.3, -0.25) is 4.79 Å². The fourth-order valence-corrected chi connectivity index (χ4v) is 4.61. The summed E-state index contributed by atoms with van der Waals surface area (Å²) in [4.78, 5) is 31.7. The fraction of sp³-hybridized carbons (Fsp3) is 0.571. The number of nitrogens with zero attached hydrogens (tertiary/aromatic N) is 3. The normalized spacial score (nSPS) is 20.4. The molecule has 8 heteroatoms. The second-order valence-electron chi connectivity index (χ2n) is 7.94. The molecule has 0 radical (unpaired) electrons. The van der Waals surface area contributed by atoms with E-state index in [1.54, 1.807) is 12.1 Å². The van der Waals surface area contributed by atoms with E-state index in [-0.39, 0.29) is 17.2 Å². The zero-order chi connectivity index (χ0) is 21.0. The van der Waals surface area contributed by atoms with Gasteiger partial charge in [0, 0.05) is 38.3 Å². The SMILES string of the molecule is Cc1cc(C(=O)S)ccc1CNC(=O)N1CCCC1C(=S)N1CCCN(C)CC1. The molecule has 0 aromatic heterocycles. The average molecular weight is 435 g/mol. The van der Waals surface area contributed by atoms with Crippen LogP contribution in [0.3, 0.4) is 0 Å². The number of nitrogens with one attached hydrogen (secondary N) is 1. The minimum Gasteiger partial charge on any atom is -0.363 e. The summed E-state index contributed by atoms with van der Waals surface area (Å²) in [5.41, 5.74) is 2.52. The summed E-state index contributed by atoms with van der Waals surface area (Å²) in [7, 11) is 2.14. The van der Waals surface area contributed by atoms with Gasteiger partial charge in [0.2, 0.25) is 5.12 Å². The van der Waals surface area contributed by atoms with Crippen LogP contribution in [0, 0.1) is 6.92 Å². The lowest BCUT2D eigenvalue weighted by Crippen LogP contribution is -2.50. The largest absolute Gasteiger partial charge is 0.363 e. The first-order valence-corrected chi connectivity index (χ1v) is 11.1. The monoisotopic (exact) mass is 434 g/mol. The number of carbonyl (C=O) groups is 2. The van der Waals surface area contributed by atoms with E-state index in [4.69, 9.17) is 12.2 Å². The van der Waals surface area contributed by atoms with Gasteiger partial charge in [-0.2, -0.15) is 0 Å². The highest BCUT2D eigenvalue weighted by Gasteiger charge is 2.34. The van der Waals surface area contributed by atoms with Crippen molar-refractivity contribution in [3.8, 4) is 0 Å². The first kappa shape index (κ1) is 22.1. The van der Waals surface area contributed by atoms with E-state index in [2.05, 4.69) is 34.8 Å². The number of likely N-dealkylation sites (N-methyl/N-ethyl adjacent to an activating group) is 1. The fourth-order valence-electron chi connectivity index (χ4n) is 4.04. The van der Waals surface area contributed by atoms with Crippen LogP contribution in [-0.2, 0) is 6.54 Å². The van der Waals surface area contributed by atoms with Gasteiger partial charge >= 0.3 is 6.03 Å². The Morgan fingerprint density at radius 2 is 1.97 bits per heavy atom. The van der Waals surface area contributed by atoms with Crippen LogP contribution in [0.25, 0.3) is 0 Å². The number of thiol groups is 1. The number of amides is 2. The van der Waals surface area contributed by atoms with Crippen LogP contribution < -0.4 is 5.32 Å². The molecule has 0 aliphatic carbocycles. The van der Waals surface area contributed by atoms with Crippen LogP contribution in [0.4, 0.5) is 4.79 Å². The molecule has 29 heavy (non-hydrogen) atoms. The van der Waals surface area contributed by atoms with Crippen LogP contribution >= 0.6 is 24.8 Å². The Hall–Kier alpha value is -1.64. The number of hydrogen-bond acceptors (Lipinski definition) is 4. The molecule has 1 aromatic rings. The molecule has 2 heterocycles. The summed E-state index contributed by atoms with van der Waals surface area (Å²) in [6.07, 6.45) is 3.00. The van der Waals surface area contributed by atoms with Crippen LogP contribution in [0.5, 0.6) is 0 Å². The van der Waals surface area contributed by atoms with Gasteiger partial charge in [0.15, 0.2) is 0 Å². The quantitative estimate of drug-likeness (QED) is 0.564. The number of thiocarbonyl (C=S) groups is 1. The summed E-state index contributed by atoms with van der Waals surface area (Å²) >= 11 is 9.68. The molecular weight excluding hydrogens is 404 g/mol. The molecule has 2 aliphatic heterocycles. The number of benzene rings is 1. The second kappa shape index (κ2) is 9.91. The highest BCUT2D eigenvalue weighted by atomic mass is 32.1. The zero-order valence-electron chi connectivity index (χ0n) is 17.2. The molecule has 1 atom stereocenters. The minimum absolute atomic E-state index is 0.00122. The lowest BCUT2D eigenvalue weighted by molar-refractivity contribution is 0.109. The number of carbonyl (C=O) groups excluding carboxylic acids is 2. The van der Waals surface area contributed by atoms with Gasteiger partial charge in [-0.25, -0.2) is 4.79 Å². The van der Waals surface area contributed by atoms with E-state index in [0.717, 1.165) is 68.1 Å². The molecule has 0 saturated carbocycles. The molecule has 0 bridgehead atoms. The molecule has 2 fully saturated rings. The summed E-state index contributed by atoms with van der Waals surface area (Å²) in [6, 6.07) is 5.35. The van der Waals surface area contributed by atoms with E-state index in [0.29, 0.717) is 12.1 Å². The predicted molar refractivity (Wildman–Crippen MR) is 123 cm³/mol. The summed E-state index contributed by atoms with van der Waals surface area (Å²) in [6.45, 7) is 7.08. The maximum Gasteiger partial charge on any atom is 0.318 e. The van der Waals surface area contributed by atoms with Gasteiger partial charge in [0.05, 0.1) is 6.04 Å². The third-order valence-corrected chi connectivity index (χ3v) is 6.64. The third-order valence-electron chi connectivity index (χ3n) is 5.85. The Morgan fingerprint density at radius 3 is 2.69 bits per heavy atom. The Labute approximate surface area is 184 Å². The van der Waals surface area contributed by atoms with Crippen LogP contribution in [0.2, 0.25) is 0 Å². The molecule has 2 saturated heterocycles. The van der Waals surface area contributed by atoms with Crippen molar-refractivity contribution in [1.29, 1.82) is 0 Å². The van der Waals surface area contributed by atoms with Gasteiger partial charge in [-0.15, -0.1) is 12.6 Å². The highest BCUT2D eigenvalue weighted by Crippen LogP contribution is 2.22.